The number of aromatic nitrogens is 1. The molecule has 2 aromatic carbocycles. The third-order valence-corrected chi connectivity index (χ3v) is 7.18. The summed E-state index contributed by atoms with van der Waals surface area (Å²) in [4.78, 5) is 14.4. The molecular weight excluding hydrogens is 424 g/mol. The van der Waals surface area contributed by atoms with Crippen LogP contribution in [0.2, 0.25) is 0 Å². The summed E-state index contributed by atoms with van der Waals surface area (Å²) in [6.45, 7) is 2.14. The van der Waals surface area contributed by atoms with Crippen LogP contribution in [0.5, 0.6) is 5.75 Å². The predicted octanol–water partition coefficient (Wildman–Crippen LogP) is 4.66. The molecule has 0 spiro atoms. The molecule has 0 bridgehead atoms. The smallest absolute Gasteiger partial charge is 0.249 e. The summed E-state index contributed by atoms with van der Waals surface area (Å²) in [7, 11) is 0. The number of fused-ring (bicyclic) bond motifs is 2. The average Bonchev–Trinajstić information content (AvgIpc) is 3.18. The number of benzene rings is 2. The zero-order valence-corrected chi connectivity index (χ0v) is 18.6. The Labute approximate surface area is 192 Å². The van der Waals surface area contributed by atoms with Gasteiger partial charge < -0.3 is 15.0 Å². The minimum atomic E-state index is -0.555. The lowest BCUT2D eigenvalue weighted by Gasteiger charge is -2.44. The van der Waals surface area contributed by atoms with Crippen molar-refractivity contribution in [2.75, 3.05) is 13.2 Å². The third kappa shape index (κ3) is 4.22. The molecule has 1 unspecified atom stereocenters. The molecule has 1 aromatic heterocycles. The van der Waals surface area contributed by atoms with E-state index in [9.17, 15) is 13.6 Å². The van der Waals surface area contributed by atoms with Crippen molar-refractivity contribution in [3.05, 3.63) is 65.4 Å². The van der Waals surface area contributed by atoms with E-state index in [0.717, 1.165) is 44.3 Å². The summed E-state index contributed by atoms with van der Waals surface area (Å²) >= 11 is 0. The summed E-state index contributed by atoms with van der Waals surface area (Å²) in [5.74, 6) is -1.02. The highest BCUT2D eigenvalue weighted by Gasteiger charge is 2.35. The van der Waals surface area contributed by atoms with Crippen LogP contribution in [0, 0.1) is 11.6 Å². The maximum absolute atomic E-state index is 14.3. The highest BCUT2D eigenvalue weighted by Crippen LogP contribution is 2.35. The van der Waals surface area contributed by atoms with Gasteiger partial charge in [-0.25, -0.2) is 8.78 Å². The van der Waals surface area contributed by atoms with Crippen molar-refractivity contribution < 1.29 is 18.3 Å². The third-order valence-electron chi connectivity index (χ3n) is 7.18. The van der Waals surface area contributed by atoms with E-state index >= 15 is 0 Å². The number of primary amides is 1. The molecule has 1 aliphatic carbocycles. The normalized spacial score (nSPS) is 18.2. The van der Waals surface area contributed by atoms with E-state index in [1.54, 1.807) is 6.07 Å². The predicted molar refractivity (Wildman–Crippen MR) is 123 cm³/mol. The quantitative estimate of drug-likeness (QED) is 0.505. The second-order valence-electron chi connectivity index (χ2n) is 9.15. The fourth-order valence-electron chi connectivity index (χ4n) is 5.21. The van der Waals surface area contributed by atoms with Crippen LogP contribution in [-0.4, -0.2) is 40.6 Å². The van der Waals surface area contributed by atoms with E-state index in [0.29, 0.717) is 35.6 Å². The van der Waals surface area contributed by atoms with E-state index in [2.05, 4.69) is 9.47 Å². The van der Waals surface area contributed by atoms with E-state index in [1.165, 1.54) is 24.6 Å². The number of rotatable bonds is 8. The second-order valence-corrected chi connectivity index (χ2v) is 9.15. The zero-order chi connectivity index (χ0) is 22.9. The number of unbranched alkanes of at least 4 members (excludes halogenated alkanes) is 1. The number of carbonyl (C=O) groups is 1. The van der Waals surface area contributed by atoms with E-state index in [-0.39, 0.29) is 17.6 Å². The molecule has 1 atom stereocenters. The number of hydrogen-bond acceptors (Lipinski definition) is 3. The van der Waals surface area contributed by atoms with Crippen LogP contribution in [0.1, 0.15) is 48.0 Å². The molecule has 5 nitrogen and oxygen atoms in total. The maximum atomic E-state index is 14.3. The largest absolute Gasteiger partial charge is 0.489 e. The number of nitrogens with two attached hydrogens (primary N) is 1. The van der Waals surface area contributed by atoms with Crippen molar-refractivity contribution in [1.29, 1.82) is 0 Å². The molecule has 2 heterocycles. The Morgan fingerprint density at radius 2 is 1.94 bits per heavy atom. The minimum Gasteiger partial charge on any atom is -0.489 e. The first-order chi connectivity index (χ1) is 16.0. The lowest BCUT2D eigenvalue weighted by Crippen LogP contribution is -2.51. The van der Waals surface area contributed by atoms with Gasteiger partial charge in [-0.05, 0) is 69.0 Å². The molecule has 2 aliphatic rings. The first-order valence-electron chi connectivity index (χ1n) is 11.8. The summed E-state index contributed by atoms with van der Waals surface area (Å²) < 4.78 is 36.2. The fourth-order valence-corrected chi connectivity index (χ4v) is 5.21. The molecule has 7 heteroatoms. The van der Waals surface area contributed by atoms with Gasteiger partial charge in [0.1, 0.15) is 12.4 Å². The Kier molecular flexibility index (Phi) is 6.06. The van der Waals surface area contributed by atoms with Crippen molar-refractivity contribution >= 4 is 16.8 Å². The van der Waals surface area contributed by atoms with Crippen LogP contribution in [0.3, 0.4) is 0 Å². The summed E-state index contributed by atoms with van der Waals surface area (Å²) in [5, 5.41) is 0.657. The van der Waals surface area contributed by atoms with Gasteiger partial charge in [0, 0.05) is 41.3 Å². The number of halogens is 2. The first kappa shape index (κ1) is 21.9. The van der Waals surface area contributed by atoms with Crippen LogP contribution in [0.25, 0.3) is 10.9 Å². The van der Waals surface area contributed by atoms with E-state index in [4.69, 9.17) is 10.5 Å². The monoisotopic (exact) mass is 453 g/mol. The Morgan fingerprint density at radius 3 is 2.70 bits per heavy atom. The van der Waals surface area contributed by atoms with Gasteiger partial charge in [0.05, 0.1) is 5.52 Å². The zero-order valence-electron chi connectivity index (χ0n) is 18.6. The lowest BCUT2D eigenvalue weighted by atomic mass is 9.87. The molecule has 2 N–H and O–H groups in total. The van der Waals surface area contributed by atoms with Crippen molar-refractivity contribution in [3.8, 4) is 5.75 Å². The minimum absolute atomic E-state index is 0.0872. The van der Waals surface area contributed by atoms with Gasteiger partial charge in [-0.15, -0.1) is 0 Å². The molecule has 174 valence electrons. The van der Waals surface area contributed by atoms with Gasteiger partial charge in [-0.3, -0.25) is 9.69 Å². The highest BCUT2D eigenvalue weighted by molar-refractivity contribution is 5.95. The average molecular weight is 454 g/mol. The highest BCUT2D eigenvalue weighted by atomic mass is 19.1. The SMILES string of the molecule is NC(=O)c1ccc(F)c2c1CC(N(CCCCn1ccc3c(F)cccc31)C1CCC1)CO2. The van der Waals surface area contributed by atoms with Crippen molar-refractivity contribution in [3.63, 3.8) is 0 Å². The number of carbonyl (C=O) groups excluding carboxylic acids is 1. The van der Waals surface area contributed by atoms with Gasteiger partial charge in [-0.2, -0.15) is 0 Å². The van der Waals surface area contributed by atoms with Crippen molar-refractivity contribution in [2.24, 2.45) is 5.73 Å². The molecule has 0 radical (unpaired) electrons. The lowest BCUT2D eigenvalue weighted by molar-refractivity contribution is 0.0414. The molecule has 33 heavy (non-hydrogen) atoms. The Hall–Kier alpha value is -2.93. The summed E-state index contributed by atoms with van der Waals surface area (Å²) in [5.41, 5.74) is 7.40. The van der Waals surface area contributed by atoms with Gasteiger partial charge >= 0.3 is 0 Å². The van der Waals surface area contributed by atoms with Gasteiger partial charge in [0.25, 0.3) is 0 Å². The molecule has 1 fully saturated rings. The topological polar surface area (TPSA) is 60.5 Å². The number of nitrogens with zero attached hydrogens (tertiary/aromatic N) is 2. The number of amides is 1. The Morgan fingerprint density at radius 1 is 1.09 bits per heavy atom. The van der Waals surface area contributed by atoms with Crippen LogP contribution >= 0.6 is 0 Å². The van der Waals surface area contributed by atoms with Crippen molar-refractivity contribution in [1.82, 2.24) is 9.47 Å². The Bertz CT molecular complexity index is 1170. The second kappa shape index (κ2) is 9.14. The summed E-state index contributed by atoms with van der Waals surface area (Å²) in [6.07, 6.45) is 7.98. The molecule has 1 aliphatic heterocycles. The summed E-state index contributed by atoms with van der Waals surface area (Å²) in [6, 6.07) is 10.3. The Balaban J connectivity index is 1.26. The fraction of sp³-hybridized carbons (Fsp3) is 0.423. The van der Waals surface area contributed by atoms with Crippen LogP contribution in [0.15, 0.2) is 42.6 Å². The van der Waals surface area contributed by atoms with Crippen LogP contribution < -0.4 is 10.5 Å². The van der Waals surface area contributed by atoms with Crippen molar-refractivity contribution in [2.45, 2.75) is 57.2 Å². The molecule has 1 amide bonds. The molecule has 3 aromatic rings. The standard InChI is InChI=1S/C26H29F2N3O2/c27-22-7-4-8-24-20(22)11-14-30(24)12-1-2-13-31(17-5-3-6-17)18-15-21-19(26(29)32)9-10-23(28)25(21)33-16-18/h4,7-11,14,17-18H,1-3,5-6,12-13,15-16H2,(H2,29,32). The first-order valence-corrected chi connectivity index (χ1v) is 11.8. The van der Waals surface area contributed by atoms with Gasteiger partial charge in [-0.1, -0.05) is 12.5 Å². The molecular formula is C26H29F2N3O2. The van der Waals surface area contributed by atoms with Crippen LogP contribution in [0.4, 0.5) is 8.78 Å². The number of hydrogen-bond donors (Lipinski definition) is 1. The van der Waals surface area contributed by atoms with Gasteiger partial charge in [0.15, 0.2) is 11.6 Å². The number of ether oxygens (including phenoxy) is 1. The van der Waals surface area contributed by atoms with Gasteiger partial charge in [0.2, 0.25) is 5.91 Å². The maximum Gasteiger partial charge on any atom is 0.249 e. The number of aryl methyl sites for hydroxylation is 1. The molecule has 1 saturated carbocycles. The van der Waals surface area contributed by atoms with E-state index < -0.39 is 11.7 Å². The molecule has 5 rings (SSSR count). The van der Waals surface area contributed by atoms with E-state index in [1.807, 2.05) is 18.3 Å². The van der Waals surface area contributed by atoms with Crippen LogP contribution in [-0.2, 0) is 13.0 Å². The molecule has 0 saturated heterocycles.